The summed E-state index contributed by atoms with van der Waals surface area (Å²) in [6, 6.07) is 15.6. The SMILES string of the molecule is CC(Oc1cccc(Cl)c1)C(=O)N(C)Cc1ccc(N2CCCCC2)cc1. The van der Waals surface area contributed by atoms with E-state index in [9.17, 15) is 4.79 Å². The fraction of sp³-hybridized carbons (Fsp3) is 0.409. The quantitative estimate of drug-likeness (QED) is 0.717. The molecule has 1 aliphatic rings. The molecule has 2 aromatic carbocycles. The molecule has 4 nitrogen and oxygen atoms in total. The molecule has 5 heteroatoms. The van der Waals surface area contributed by atoms with Gasteiger partial charge in [0.25, 0.3) is 5.91 Å². The standard InChI is InChI=1S/C22H27ClN2O2/c1-17(27-21-8-6-7-19(23)15-21)22(26)24(2)16-18-9-11-20(12-10-18)25-13-4-3-5-14-25/h6-12,15,17H,3-5,13-14,16H2,1-2H3. The van der Waals surface area contributed by atoms with Gasteiger partial charge in [-0.15, -0.1) is 0 Å². The Morgan fingerprint density at radius 2 is 1.85 bits per heavy atom. The van der Waals surface area contributed by atoms with Crippen molar-refractivity contribution in [3.05, 3.63) is 59.1 Å². The second-order valence-electron chi connectivity index (χ2n) is 7.13. The summed E-state index contributed by atoms with van der Waals surface area (Å²) in [7, 11) is 1.80. The van der Waals surface area contributed by atoms with Crippen LogP contribution < -0.4 is 9.64 Å². The van der Waals surface area contributed by atoms with E-state index in [1.807, 2.05) is 6.07 Å². The van der Waals surface area contributed by atoms with E-state index in [-0.39, 0.29) is 5.91 Å². The molecule has 0 N–H and O–H groups in total. The van der Waals surface area contributed by atoms with E-state index in [0.29, 0.717) is 17.3 Å². The van der Waals surface area contributed by atoms with Crippen LogP contribution in [0, 0.1) is 0 Å². The first-order valence-electron chi connectivity index (χ1n) is 9.54. The van der Waals surface area contributed by atoms with Crippen molar-refractivity contribution in [2.75, 3.05) is 25.0 Å². The van der Waals surface area contributed by atoms with Crippen LogP contribution in [0.4, 0.5) is 5.69 Å². The highest BCUT2D eigenvalue weighted by Gasteiger charge is 2.19. The van der Waals surface area contributed by atoms with Crippen molar-refractivity contribution in [1.82, 2.24) is 4.90 Å². The molecule has 1 atom stereocenters. The maximum atomic E-state index is 12.6. The van der Waals surface area contributed by atoms with Gasteiger partial charge in [0.2, 0.25) is 0 Å². The summed E-state index contributed by atoms with van der Waals surface area (Å²) in [5.41, 5.74) is 2.38. The van der Waals surface area contributed by atoms with Crippen molar-refractivity contribution >= 4 is 23.2 Å². The van der Waals surface area contributed by atoms with Crippen LogP contribution in [-0.4, -0.2) is 37.0 Å². The van der Waals surface area contributed by atoms with Crippen LogP contribution >= 0.6 is 11.6 Å². The second-order valence-corrected chi connectivity index (χ2v) is 7.56. The summed E-state index contributed by atoms with van der Waals surface area (Å²) in [6.45, 7) is 4.59. The smallest absolute Gasteiger partial charge is 0.263 e. The van der Waals surface area contributed by atoms with E-state index in [0.717, 1.165) is 18.7 Å². The predicted molar refractivity (Wildman–Crippen MR) is 111 cm³/mol. The largest absolute Gasteiger partial charge is 0.481 e. The van der Waals surface area contributed by atoms with Crippen LogP contribution in [0.3, 0.4) is 0 Å². The molecule has 0 aromatic heterocycles. The molecular formula is C22H27ClN2O2. The zero-order chi connectivity index (χ0) is 19.2. The van der Waals surface area contributed by atoms with Crippen molar-refractivity contribution in [2.45, 2.75) is 38.8 Å². The number of hydrogen-bond acceptors (Lipinski definition) is 3. The molecule has 1 fully saturated rings. The molecule has 1 unspecified atom stereocenters. The number of benzene rings is 2. The minimum absolute atomic E-state index is 0.0601. The average Bonchev–Trinajstić information content (AvgIpc) is 2.68. The fourth-order valence-corrected chi connectivity index (χ4v) is 3.60. The van der Waals surface area contributed by atoms with Gasteiger partial charge in [-0.3, -0.25) is 4.79 Å². The van der Waals surface area contributed by atoms with E-state index in [2.05, 4.69) is 29.2 Å². The summed E-state index contributed by atoms with van der Waals surface area (Å²) in [4.78, 5) is 16.7. The number of piperidine rings is 1. The number of likely N-dealkylation sites (N-methyl/N-ethyl adjacent to an activating group) is 1. The molecule has 144 valence electrons. The molecule has 3 rings (SSSR count). The monoisotopic (exact) mass is 386 g/mol. The Kier molecular flexibility index (Phi) is 6.62. The number of ether oxygens (including phenoxy) is 1. The van der Waals surface area contributed by atoms with Crippen molar-refractivity contribution < 1.29 is 9.53 Å². The Hall–Kier alpha value is -2.20. The number of hydrogen-bond donors (Lipinski definition) is 0. The molecule has 2 aromatic rings. The predicted octanol–water partition coefficient (Wildman–Crippen LogP) is 4.76. The number of halogens is 1. The Morgan fingerprint density at radius 3 is 2.52 bits per heavy atom. The Morgan fingerprint density at radius 1 is 1.15 bits per heavy atom. The van der Waals surface area contributed by atoms with Crippen LogP contribution in [0.2, 0.25) is 5.02 Å². The first-order chi connectivity index (χ1) is 13.0. The van der Waals surface area contributed by atoms with Crippen LogP contribution in [0.1, 0.15) is 31.7 Å². The van der Waals surface area contributed by atoms with E-state index in [4.69, 9.17) is 16.3 Å². The van der Waals surface area contributed by atoms with Gasteiger partial charge in [0, 0.05) is 37.4 Å². The van der Waals surface area contributed by atoms with Gasteiger partial charge in [-0.1, -0.05) is 29.8 Å². The van der Waals surface area contributed by atoms with Crippen molar-refractivity contribution in [3.8, 4) is 5.75 Å². The highest BCUT2D eigenvalue weighted by Crippen LogP contribution is 2.21. The second kappa shape index (κ2) is 9.14. The molecule has 0 aliphatic carbocycles. The van der Waals surface area contributed by atoms with Gasteiger partial charge in [0.05, 0.1) is 0 Å². The molecule has 0 radical (unpaired) electrons. The molecule has 0 saturated carbocycles. The zero-order valence-corrected chi connectivity index (χ0v) is 16.8. The molecule has 0 spiro atoms. The van der Waals surface area contributed by atoms with E-state index < -0.39 is 6.10 Å². The number of carbonyl (C=O) groups is 1. The van der Waals surface area contributed by atoms with Crippen molar-refractivity contribution in [2.24, 2.45) is 0 Å². The van der Waals surface area contributed by atoms with E-state index >= 15 is 0 Å². The maximum absolute atomic E-state index is 12.6. The summed E-state index contributed by atoms with van der Waals surface area (Å²) in [5, 5.41) is 0.592. The molecule has 27 heavy (non-hydrogen) atoms. The molecule has 0 bridgehead atoms. The Labute approximate surface area is 166 Å². The van der Waals surface area contributed by atoms with Gasteiger partial charge < -0.3 is 14.5 Å². The molecule has 1 saturated heterocycles. The number of anilines is 1. The summed E-state index contributed by atoms with van der Waals surface area (Å²) < 4.78 is 5.73. The van der Waals surface area contributed by atoms with Crippen molar-refractivity contribution in [1.29, 1.82) is 0 Å². The molecule has 1 aliphatic heterocycles. The third-order valence-electron chi connectivity index (χ3n) is 4.91. The van der Waals surface area contributed by atoms with Gasteiger partial charge in [-0.05, 0) is 62.1 Å². The number of rotatable bonds is 6. The van der Waals surface area contributed by atoms with Gasteiger partial charge in [0.15, 0.2) is 6.10 Å². The van der Waals surface area contributed by atoms with E-state index in [1.165, 1.54) is 24.9 Å². The summed E-state index contributed by atoms with van der Waals surface area (Å²) in [5.74, 6) is 0.540. The summed E-state index contributed by atoms with van der Waals surface area (Å²) in [6.07, 6.45) is 3.30. The third kappa shape index (κ3) is 5.39. The first-order valence-corrected chi connectivity index (χ1v) is 9.92. The van der Waals surface area contributed by atoms with Gasteiger partial charge in [-0.25, -0.2) is 0 Å². The van der Waals surface area contributed by atoms with Gasteiger partial charge >= 0.3 is 0 Å². The van der Waals surface area contributed by atoms with E-state index in [1.54, 1.807) is 37.1 Å². The highest BCUT2D eigenvalue weighted by atomic mass is 35.5. The number of amides is 1. The Balaban J connectivity index is 1.55. The highest BCUT2D eigenvalue weighted by molar-refractivity contribution is 6.30. The Bertz CT molecular complexity index is 757. The molecule has 1 amide bonds. The van der Waals surface area contributed by atoms with Crippen LogP contribution in [0.5, 0.6) is 5.75 Å². The minimum Gasteiger partial charge on any atom is -0.481 e. The maximum Gasteiger partial charge on any atom is 0.263 e. The zero-order valence-electron chi connectivity index (χ0n) is 16.0. The molecule has 1 heterocycles. The molecular weight excluding hydrogens is 360 g/mol. The lowest BCUT2D eigenvalue weighted by molar-refractivity contribution is -0.137. The van der Waals surface area contributed by atoms with Gasteiger partial charge in [-0.2, -0.15) is 0 Å². The summed E-state index contributed by atoms with van der Waals surface area (Å²) >= 11 is 5.97. The van der Waals surface area contributed by atoms with Crippen LogP contribution in [0.15, 0.2) is 48.5 Å². The number of nitrogens with zero attached hydrogens (tertiary/aromatic N) is 2. The van der Waals surface area contributed by atoms with Crippen LogP contribution in [-0.2, 0) is 11.3 Å². The topological polar surface area (TPSA) is 32.8 Å². The van der Waals surface area contributed by atoms with Crippen LogP contribution in [0.25, 0.3) is 0 Å². The normalized spacial score (nSPS) is 15.3. The third-order valence-corrected chi connectivity index (χ3v) is 5.15. The lowest BCUT2D eigenvalue weighted by atomic mass is 10.1. The lowest BCUT2D eigenvalue weighted by Gasteiger charge is -2.29. The van der Waals surface area contributed by atoms with Gasteiger partial charge in [0.1, 0.15) is 5.75 Å². The van der Waals surface area contributed by atoms with Crippen molar-refractivity contribution in [3.63, 3.8) is 0 Å². The minimum atomic E-state index is -0.568. The first kappa shape index (κ1) is 19.6. The average molecular weight is 387 g/mol. The fourth-order valence-electron chi connectivity index (χ4n) is 3.42. The lowest BCUT2D eigenvalue weighted by Crippen LogP contribution is -2.37. The number of carbonyl (C=O) groups excluding carboxylic acids is 1.